The molecule has 0 aliphatic heterocycles. The fourth-order valence-electron chi connectivity index (χ4n) is 1.01. The number of aromatic nitrogens is 2. The van der Waals surface area contributed by atoms with Crippen molar-refractivity contribution in [2.24, 2.45) is 0 Å². The molecule has 5 heteroatoms. The number of benzene rings is 1. The second kappa shape index (κ2) is 3.86. The molecule has 0 atom stereocenters. The number of ketones is 1. The summed E-state index contributed by atoms with van der Waals surface area (Å²) in [4.78, 5) is 11.7. The molecule has 1 heterocycles. The number of halogens is 1. The lowest BCUT2D eigenvalue weighted by atomic mass is 10.1. The molecule has 0 unspecified atom stereocenters. The van der Waals surface area contributed by atoms with Crippen LogP contribution in [0.15, 0.2) is 29.6 Å². The normalized spacial score (nSPS) is 10.1. The van der Waals surface area contributed by atoms with Gasteiger partial charge in [0.15, 0.2) is 0 Å². The number of hydrogen-bond donors (Lipinski definition) is 0. The van der Waals surface area contributed by atoms with E-state index < -0.39 is 0 Å². The predicted molar refractivity (Wildman–Crippen MR) is 54.8 cm³/mol. The third-order valence-electron chi connectivity index (χ3n) is 1.70. The summed E-state index contributed by atoms with van der Waals surface area (Å²) in [5.74, 6) is -0.129. The van der Waals surface area contributed by atoms with Crippen molar-refractivity contribution in [1.29, 1.82) is 0 Å². The fourth-order valence-corrected chi connectivity index (χ4v) is 1.57. The largest absolute Gasteiger partial charge is 0.287 e. The Morgan fingerprint density at radius 2 is 2.00 bits per heavy atom. The highest BCUT2D eigenvalue weighted by Crippen LogP contribution is 2.12. The Morgan fingerprint density at radius 1 is 1.29 bits per heavy atom. The second-order valence-electron chi connectivity index (χ2n) is 2.63. The van der Waals surface area contributed by atoms with E-state index >= 15 is 0 Å². The molecule has 0 radical (unpaired) electrons. The summed E-state index contributed by atoms with van der Waals surface area (Å²) in [6, 6.07) is 6.69. The molecule has 1 aromatic carbocycles. The van der Waals surface area contributed by atoms with Gasteiger partial charge in [-0.05, 0) is 35.8 Å². The van der Waals surface area contributed by atoms with Gasteiger partial charge in [0.25, 0.3) is 0 Å². The van der Waals surface area contributed by atoms with Gasteiger partial charge in [-0.2, -0.15) is 0 Å². The maximum Gasteiger partial charge on any atom is 0.214 e. The maximum atomic E-state index is 11.7. The van der Waals surface area contributed by atoms with Crippen LogP contribution in [0.5, 0.6) is 0 Å². The standard InChI is InChI=1S/C9H5ClN2OS/c10-7-3-1-6(2-4-7)9(13)8-5-14-12-11-8/h1-5H. The van der Waals surface area contributed by atoms with Gasteiger partial charge in [0, 0.05) is 16.0 Å². The van der Waals surface area contributed by atoms with Crippen molar-refractivity contribution in [2.45, 2.75) is 0 Å². The first kappa shape index (κ1) is 9.30. The van der Waals surface area contributed by atoms with Gasteiger partial charge < -0.3 is 0 Å². The minimum Gasteiger partial charge on any atom is -0.287 e. The molecule has 1 aromatic heterocycles. The summed E-state index contributed by atoms with van der Waals surface area (Å²) in [5.41, 5.74) is 0.944. The average Bonchev–Trinajstić information content (AvgIpc) is 2.71. The summed E-state index contributed by atoms with van der Waals surface area (Å²) >= 11 is 6.86. The van der Waals surface area contributed by atoms with E-state index in [1.165, 1.54) is 0 Å². The van der Waals surface area contributed by atoms with Gasteiger partial charge in [-0.15, -0.1) is 5.10 Å². The molecule has 3 nitrogen and oxygen atoms in total. The molecule has 14 heavy (non-hydrogen) atoms. The molecule has 70 valence electrons. The predicted octanol–water partition coefficient (Wildman–Crippen LogP) is 2.42. The minimum absolute atomic E-state index is 0.129. The van der Waals surface area contributed by atoms with Crippen LogP contribution in [0.25, 0.3) is 0 Å². The molecular weight excluding hydrogens is 220 g/mol. The van der Waals surface area contributed by atoms with Crippen LogP contribution in [0.4, 0.5) is 0 Å². The lowest BCUT2D eigenvalue weighted by Crippen LogP contribution is -2.01. The quantitative estimate of drug-likeness (QED) is 0.736. The number of rotatable bonds is 2. The highest BCUT2D eigenvalue weighted by Gasteiger charge is 2.10. The summed E-state index contributed by atoms with van der Waals surface area (Å²) in [5, 5.41) is 5.93. The van der Waals surface area contributed by atoms with Crippen molar-refractivity contribution in [3.05, 3.63) is 45.9 Å². The topological polar surface area (TPSA) is 42.9 Å². The number of carbonyl (C=O) groups excluding carboxylic acids is 1. The molecule has 0 N–H and O–H groups in total. The van der Waals surface area contributed by atoms with Crippen molar-refractivity contribution in [1.82, 2.24) is 9.59 Å². The van der Waals surface area contributed by atoms with Crippen LogP contribution < -0.4 is 0 Å². The molecule has 0 spiro atoms. The van der Waals surface area contributed by atoms with Crippen LogP contribution in [0, 0.1) is 0 Å². The van der Waals surface area contributed by atoms with E-state index in [1.54, 1.807) is 29.6 Å². The van der Waals surface area contributed by atoms with Crippen LogP contribution >= 0.6 is 23.1 Å². The zero-order chi connectivity index (χ0) is 9.97. The SMILES string of the molecule is O=C(c1ccc(Cl)cc1)c1csnn1. The van der Waals surface area contributed by atoms with Crippen LogP contribution in [-0.4, -0.2) is 15.4 Å². The van der Waals surface area contributed by atoms with Gasteiger partial charge in [0.2, 0.25) is 5.78 Å². The van der Waals surface area contributed by atoms with Gasteiger partial charge in [-0.1, -0.05) is 16.1 Å². The van der Waals surface area contributed by atoms with Crippen molar-refractivity contribution < 1.29 is 4.79 Å². The molecule has 0 aliphatic carbocycles. The number of carbonyl (C=O) groups is 1. The van der Waals surface area contributed by atoms with Gasteiger partial charge in [0.05, 0.1) is 0 Å². The van der Waals surface area contributed by atoms with E-state index in [1.807, 2.05) is 0 Å². The Hall–Kier alpha value is -1.26. The Labute approximate surface area is 89.5 Å². The molecule has 0 amide bonds. The van der Waals surface area contributed by atoms with E-state index in [4.69, 9.17) is 11.6 Å². The zero-order valence-corrected chi connectivity index (χ0v) is 8.55. The number of hydrogen-bond acceptors (Lipinski definition) is 4. The maximum absolute atomic E-state index is 11.7. The Morgan fingerprint density at radius 3 is 2.57 bits per heavy atom. The van der Waals surface area contributed by atoms with Crippen LogP contribution in [0.2, 0.25) is 5.02 Å². The third kappa shape index (κ3) is 1.81. The van der Waals surface area contributed by atoms with Crippen molar-refractivity contribution in [2.75, 3.05) is 0 Å². The molecule has 0 saturated carbocycles. The summed E-state index contributed by atoms with van der Waals surface area (Å²) < 4.78 is 3.63. The highest BCUT2D eigenvalue weighted by molar-refractivity contribution is 7.03. The van der Waals surface area contributed by atoms with Crippen molar-refractivity contribution in [3.63, 3.8) is 0 Å². The lowest BCUT2D eigenvalue weighted by Gasteiger charge is -1.96. The van der Waals surface area contributed by atoms with Gasteiger partial charge in [-0.25, -0.2) is 0 Å². The first-order valence-electron chi connectivity index (χ1n) is 3.85. The first-order chi connectivity index (χ1) is 6.77. The second-order valence-corrected chi connectivity index (χ2v) is 3.67. The molecule has 0 aliphatic rings. The monoisotopic (exact) mass is 224 g/mol. The Balaban J connectivity index is 2.33. The lowest BCUT2D eigenvalue weighted by molar-refractivity contribution is 0.103. The van der Waals surface area contributed by atoms with Crippen molar-refractivity contribution in [3.8, 4) is 0 Å². The minimum atomic E-state index is -0.129. The van der Waals surface area contributed by atoms with Gasteiger partial charge >= 0.3 is 0 Å². The zero-order valence-electron chi connectivity index (χ0n) is 6.98. The summed E-state index contributed by atoms with van der Waals surface area (Å²) in [6.45, 7) is 0. The van der Waals surface area contributed by atoms with Crippen LogP contribution in [0.3, 0.4) is 0 Å². The van der Waals surface area contributed by atoms with Gasteiger partial charge in [0.1, 0.15) is 5.69 Å². The fraction of sp³-hybridized carbons (Fsp3) is 0. The molecule has 0 fully saturated rings. The Bertz CT molecular complexity index is 438. The van der Waals surface area contributed by atoms with E-state index in [-0.39, 0.29) is 5.78 Å². The molecular formula is C9H5ClN2OS. The Kier molecular flexibility index (Phi) is 2.56. The van der Waals surface area contributed by atoms with E-state index in [9.17, 15) is 4.79 Å². The highest BCUT2D eigenvalue weighted by atomic mass is 35.5. The van der Waals surface area contributed by atoms with E-state index in [2.05, 4.69) is 9.59 Å². The van der Waals surface area contributed by atoms with Crippen LogP contribution in [-0.2, 0) is 0 Å². The molecule has 0 bridgehead atoms. The van der Waals surface area contributed by atoms with E-state index in [0.29, 0.717) is 16.3 Å². The molecule has 0 saturated heterocycles. The number of nitrogens with zero attached hydrogens (tertiary/aromatic N) is 2. The van der Waals surface area contributed by atoms with Crippen molar-refractivity contribution >= 4 is 28.9 Å². The third-order valence-corrected chi connectivity index (χ3v) is 2.46. The summed E-state index contributed by atoms with van der Waals surface area (Å²) in [7, 11) is 0. The van der Waals surface area contributed by atoms with Gasteiger partial charge in [-0.3, -0.25) is 4.79 Å². The average molecular weight is 225 g/mol. The van der Waals surface area contributed by atoms with E-state index in [0.717, 1.165) is 11.5 Å². The molecule has 2 aromatic rings. The van der Waals surface area contributed by atoms with Crippen LogP contribution in [0.1, 0.15) is 16.1 Å². The summed E-state index contributed by atoms with van der Waals surface area (Å²) in [6.07, 6.45) is 0. The molecule has 2 rings (SSSR count). The first-order valence-corrected chi connectivity index (χ1v) is 5.06. The smallest absolute Gasteiger partial charge is 0.214 e.